The van der Waals surface area contributed by atoms with Gasteiger partial charge in [0.15, 0.2) is 0 Å². The van der Waals surface area contributed by atoms with Gasteiger partial charge in [0.25, 0.3) is 0 Å². The van der Waals surface area contributed by atoms with Crippen molar-refractivity contribution in [2.45, 2.75) is 13.5 Å². The molecule has 0 spiro atoms. The van der Waals surface area contributed by atoms with Gasteiger partial charge in [-0.2, -0.15) is 5.10 Å². The van der Waals surface area contributed by atoms with E-state index in [1.54, 1.807) is 29.9 Å². The van der Waals surface area contributed by atoms with Crippen LogP contribution in [0.15, 0.2) is 30.5 Å². The van der Waals surface area contributed by atoms with Crippen molar-refractivity contribution in [1.82, 2.24) is 9.78 Å². The normalized spacial score (nSPS) is 10.3. The molecule has 6 nitrogen and oxygen atoms in total. The number of aromatic nitrogens is 2. The fourth-order valence-electron chi connectivity index (χ4n) is 1.79. The summed E-state index contributed by atoms with van der Waals surface area (Å²) in [5.41, 5.74) is 1.90. The van der Waals surface area contributed by atoms with Gasteiger partial charge in [0.05, 0.1) is 18.8 Å². The first-order valence-corrected chi connectivity index (χ1v) is 6.32. The van der Waals surface area contributed by atoms with Crippen LogP contribution in [0.2, 0.25) is 0 Å². The van der Waals surface area contributed by atoms with Crippen LogP contribution in [0.4, 0.5) is 5.69 Å². The lowest BCUT2D eigenvalue weighted by Crippen LogP contribution is -2.07. The van der Waals surface area contributed by atoms with Crippen molar-refractivity contribution in [2.75, 3.05) is 11.9 Å². The van der Waals surface area contributed by atoms with E-state index in [9.17, 15) is 9.90 Å². The molecule has 1 aromatic heterocycles. The average molecular weight is 275 g/mol. The van der Waals surface area contributed by atoms with E-state index in [0.717, 1.165) is 11.4 Å². The zero-order chi connectivity index (χ0) is 14.5. The number of esters is 1. The van der Waals surface area contributed by atoms with Gasteiger partial charge in [-0.15, -0.1) is 0 Å². The molecule has 0 bridgehead atoms. The van der Waals surface area contributed by atoms with E-state index in [4.69, 9.17) is 4.74 Å². The number of hydrogen-bond acceptors (Lipinski definition) is 5. The second-order valence-electron chi connectivity index (χ2n) is 4.25. The van der Waals surface area contributed by atoms with E-state index in [1.807, 2.05) is 13.1 Å². The van der Waals surface area contributed by atoms with Crippen LogP contribution in [-0.2, 0) is 18.3 Å². The smallest absolute Gasteiger partial charge is 0.341 e. The van der Waals surface area contributed by atoms with Crippen molar-refractivity contribution in [3.8, 4) is 5.75 Å². The fraction of sp³-hybridized carbons (Fsp3) is 0.286. The molecular weight excluding hydrogens is 258 g/mol. The molecule has 0 saturated heterocycles. The maximum Gasteiger partial charge on any atom is 0.341 e. The molecule has 0 saturated carbocycles. The molecule has 0 aliphatic rings. The SMILES string of the molecule is CCOC(=O)c1ccc(NCc2ccnn2C)cc1O. The first-order valence-electron chi connectivity index (χ1n) is 6.32. The van der Waals surface area contributed by atoms with Gasteiger partial charge in [0.1, 0.15) is 11.3 Å². The van der Waals surface area contributed by atoms with Crippen LogP contribution in [0.5, 0.6) is 5.75 Å². The molecule has 2 N–H and O–H groups in total. The number of anilines is 1. The Bertz CT molecular complexity index is 607. The third-order valence-electron chi connectivity index (χ3n) is 2.89. The number of phenols is 1. The minimum absolute atomic E-state index is 0.0987. The van der Waals surface area contributed by atoms with Crippen LogP contribution in [-0.4, -0.2) is 27.5 Å². The number of hydrogen-bond donors (Lipinski definition) is 2. The molecule has 0 radical (unpaired) electrons. The Morgan fingerprint density at radius 1 is 1.45 bits per heavy atom. The van der Waals surface area contributed by atoms with Gasteiger partial charge in [-0.05, 0) is 25.1 Å². The van der Waals surface area contributed by atoms with E-state index >= 15 is 0 Å². The highest BCUT2D eigenvalue weighted by Crippen LogP contribution is 2.23. The van der Waals surface area contributed by atoms with E-state index in [1.165, 1.54) is 6.07 Å². The number of nitrogens with zero attached hydrogens (tertiary/aromatic N) is 2. The Balaban J connectivity index is 2.05. The van der Waals surface area contributed by atoms with Crippen molar-refractivity contribution < 1.29 is 14.6 Å². The summed E-state index contributed by atoms with van der Waals surface area (Å²) in [5, 5.41) is 17.1. The molecular formula is C14H17N3O3. The maximum atomic E-state index is 11.6. The molecule has 0 unspecified atom stereocenters. The zero-order valence-electron chi connectivity index (χ0n) is 11.5. The third kappa shape index (κ3) is 3.09. The number of phenolic OH excluding ortho intramolecular Hbond substituents is 1. The van der Waals surface area contributed by atoms with E-state index in [-0.39, 0.29) is 17.9 Å². The summed E-state index contributed by atoms with van der Waals surface area (Å²) < 4.78 is 6.62. The largest absolute Gasteiger partial charge is 0.507 e. The number of carbonyl (C=O) groups is 1. The summed E-state index contributed by atoms with van der Waals surface area (Å²) >= 11 is 0. The molecule has 0 aliphatic carbocycles. The van der Waals surface area contributed by atoms with E-state index < -0.39 is 5.97 Å². The predicted octanol–water partition coefficient (Wildman–Crippen LogP) is 1.91. The number of nitrogens with one attached hydrogen (secondary N) is 1. The van der Waals surface area contributed by atoms with Gasteiger partial charge in [-0.25, -0.2) is 4.79 Å². The lowest BCUT2D eigenvalue weighted by atomic mass is 10.2. The quantitative estimate of drug-likeness (QED) is 0.815. The first-order chi connectivity index (χ1) is 9.61. The minimum Gasteiger partial charge on any atom is -0.507 e. The van der Waals surface area contributed by atoms with Crippen LogP contribution >= 0.6 is 0 Å². The molecule has 20 heavy (non-hydrogen) atoms. The molecule has 0 atom stereocenters. The van der Waals surface area contributed by atoms with Gasteiger partial charge in [0.2, 0.25) is 0 Å². The zero-order valence-corrected chi connectivity index (χ0v) is 11.5. The molecule has 0 aliphatic heterocycles. The monoisotopic (exact) mass is 275 g/mol. The molecule has 106 valence electrons. The minimum atomic E-state index is -0.525. The standard InChI is InChI=1S/C14H17N3O3/c1-3-20-14(19)12-5-4-10(8-13(12)18)15-9-11-6-7-16-17(11)2/h4-8,15,18H,3,9H2,1-2H3. The Kier molecular flexibility index (Phi) is 4.24. The van der Waals surface area contributed by atoms with Gasteiger partial charge in [-0.1, -0.05) is 0 Å². The number of benzene rings is 1. The average Bonchev–Trinajstić information content (AvgIpc) is 2.82. The number of aryl methyl sites for hydroxylation is 1. The molecule has 0 amide bonds. The fourth-order valence-corrected chi connectivity index (χ4v) is 1.79. The Hall–Kier alpha value is -2.50. The molecule has 0 fully saturated rings. The first kappa shape index (κ1) is 13.9. The molecule has 1 aromatic carbocycles. The highest BCUT2D eigenvalue weighted by atomic mass is 16.5. The maximum absolute atomic E-state index is 11.6. The summed E-state index contributed by atoms with van der Waals surface area (Å²) in [6.07, 6.45) is 1.72. The van der Waals surface area contributed by atoms with Crippen molar-refractivity contribution in [3.63, 3.8) is 0 Å². The number of ether oxygens (including phenoxy) is 1. The lowest BCUT2D eigenvalue weighted by molar-refractivity contribution is 0.0523. The number of rotatable bonds is 5. The van der Waals surface area contributed by atoms with Crippen LogP contribution in [0.3, 0.4) is 0 Å². The van der Waals surface area contributed by atoms with Gasteiger partial charge < -0.3 is 15.2 Å². The number of aromatic hydroxyl groups is 1. The Morgan fingerprint density at radius 2 is 2.25 bits per heavy atom. The van der Waals surface area contributed by atoms with Crippen LogP contribution in [0.25, 0.3) is 0 Å². The summed E-state index contributed by atoms with van der Waals surface area (Å²) in [6.45, 7) is 2.58. The van der Waals surface area contributed by atoms with Gasteiger partial charge in [0, 0.05) is 25.0 Å². The van der Waals surface area contributed by atoms with E-state index in [2.05, 4.69) is 10.4 Å². The van der Waals surface area contributed by atoms with Crippen molar-refractivity contribution >= 4 is 11.7 Å². The molecule has 1 heterocycles. The van der Waals surface area contributed by atoms with Crippen molar-refractivity contribution in [1.29, 1.82) is 0 Å². The number of carbonyl (C=O) groups excluding carboxylic acids is 1. The highest BCUT2D eigenvalue weighted by Gasteiger charge is 2.12. The van der Waals surface area contributed by atoms with Crippen LogP contribution in [0, 0.1) is 0 Å². The summed E-state index contributed by atoms with van der Waals surface area (Å²) in [4.78, 5) is 11.6. The highest BCUT2D eigenvalue weighted by molar-refractivity contribution is 5.93. The third-order valence-corrected chi connectivity index (χ3v) is 2.89. The Morgan fingerprint density at radius 3 is 2.85 bits per heavy atom. The van der Waals surface area contributed by atoms with E-state index in [0.29, 0.717) is 6.54 Å². The van der Waals surface area contributed by atoms with Gasteiger partial charge in [-0.3, -0.25) is 4.68 Å². The van der Waals surface area contributed by atoms with Crippen molar-refractivity contribution in [2.24, 2.45) is 7.05 Å². The topological polar surface area (TPSA) is 76.4 Å². The van der Waals surface area contributed by atoms with Gasteiger partial charge >= 0.3 is 5.97 Å². The van der Waals surface area contributed by atoms with Crippen LogP contribution in [0.1, 0.15) is 23.0 Å². The second kappa shape index (κ2) is 6.10. The summed E-state index contributed by atoms with van der Waals surface area (Å²) in [7, 11) is 1.86. The van der Waals surface area contributed by atoms with Crippen LogP contribution < -0.4 is 5.32 Å². The lowest BCUT2D eigenvalue weighted by Gasteiger charge is -2.09. The molecule has 6 heteroatoms. The van der Waals surface area contributed by atoms with Crippen molar-refractivity contribution in [3.05, 3.63) is 41.7 Å². The summed E-state index contributed by atoms with van der Waals surface area (Å²) in [5.74, 6) is -0.623. The Labute approximate surface area is 117 Å². The predicted molar refractivity (Wildman–Crippen MR) is 74.6 cm³/mol. The molecule has 2 aromatic rings. The summed E-state index contributed by atoms with van der Waals surface area (Å²) in [6, 6.07) is 6.67. The second-order valence-corrected chi connectivity index (χ2v) is 4.25. The molecule has 2 rings (SSSR count).